The summed E-state index contributed by atoms with van der Waals surface area (Å²) < 4.78 is 0. The molecule has 0 saturated carbocycles. The molecule has 0 heterocycles. The second-order valence-electron chi connectivity index (χ2n) is 7.40. The molecule has 23 heavy (non-hydrogen) atoms. The fourth-order valence-electron chi connectivity index (χ4n) is 2.23. The van der Waals surface area contributed by atoms with Gasteiger partial charge in [-0.15, -0.1) is 11.8 Å². The van der Waals surface area contributed by atoms with E-state index in [-0.39, 0.29) is 11.3 Å². The minimum atomic E-state index is 0.199. The average molecular weight is 336 g/mol. The highest BCUT2D eigenvalue weighted by atomic mass is 32.2. The van der Waals surface area contributed by atoms with Crippen molar-refractivity contribution in [2.75, 3.05) is 12.3 Å². The van der Waals surface area contributed by atoms with Crippen molar-refractivity contribution in [3.8, 4) is 0 Å². The van der Waals surface area contributed by atoms with Gasteiger partial charge in [-0.25, -0.2) is 0 Å². The van der Waals surface area contributed by atoms with Crippen LogP contribution in [0.3, 0.4) is 0 Å². The zero-order valence-electron chi connectivity index (χ0n) is 15.4. The molecule has 1 atom stereocenters. The maximum atomic E-state index is 11.7. The van der Waals surface area contributed by atoms with Gasteiger partial charge >= 0.3 is 0 Å². The summed E-state index contributed by atoms with van der Waals surface area (Å²) in [6.45, 7) is 11.8. The highest BCUT2D eigenvalue weighted by molar-refractivity contribution is 7.99. The van der Waals surface area contributed by atoms with Crippen LogP contribution in [-0.2, 0) is 10.2 Å². The molecule has 1 N–H and O–H groups in total. The van der Waals surface area contributed by atoms with Crippen molar-refractivity contribution in [2.24, 2.45) is 5.92 Å². The Balaban J connectivity index is 2.15. The van der Waals surface area contributed by atoms with Gasteiger partial charge in [0.2, 0.25) is 5.91 Å². The summed E-state index contributed by atoms with van der Waals surface area (Å²) in [5.74, 6) is 1.79. The molecule has 0 fully saturated rings. The summed E-state index contributed by atoms with van der Waals surface area (Å²) >= 11 is 1.90. The van der Waals surface area contributed by atoms with E-state index in [9.17, 15) is 4.79 Å². The Morgan fingerprint density at radius 3 is 2.39 bits per heavy atom. The summed E-state index contributed by atoms with van der Waals surface area (Å²) in [5.41, 5.74) is 1.60. The molecule has 0 aliphatic carbocycles. The number of hydrogen-bond donors (Lipinski definition) is 1. The fourth-order valence-corrected chi connectivity index (χ4v) is 3.14. The molecule has 1 amide bonds. The monoisotopic (exact) mass is 335 g/mol. The lowest BCUT2D eigenvalue weighted by Crippen LogP contribution is -2.25. The van der Waals surface area contributed by atoms with Gasteiger partial charge in [-0.2, -0.15) is 0 Å². The van der Waals surface area contributed by atoms with Gasteiger partial charge in [-0.05, 0) is 47.6 Å². The van der Waals surface area contributed by atoms with Crippen molar-refractivity contribution in [1.82, 2.24) is 5.32 Å². The smallest absolute Gasteiger partial charge is 0.220 e. The number of unbranched alkanes of at least 4 members (excludes halogenated alkanes) is 1. The molecule has 3 heteroatoms. The predicted octanol–water partition coefficient (Wildman–Crippen LogP) is 5.41. The van der Waals surface area contributed by atoms with Gasteiger partial charge in [0.15, 0.2) is 0 Å². The lowest BCUT2D eigenvalue weighted by molar-refractivity contribution is -0.121. The predicted molar refractivity (Wildman–Crippen MR) is 102 cm³/mol. The highest BCUT2D eigenvalue weighted by Gasteiger charge is 2.12. The van der Waals surface area contributed by atoms with Crippen LogP contribution in [0, 0.1) is 5.92 Å². The Kier molecular flexibility index (Phi) is 8.75. The van der Waals surface area contributed by atoms with Crippen molar-refractivity contribution in [1.29, 1.82) is 0 Å². The lowest BCUT2D eigenvalue weighted by atomic mass is 9.87. The molecule has 1 aromatic carbocycles. The van der Waals surface area contributed by atoms with Crippen LogP contribution in [-0.4, -0.2) is 18.2 Å². The molecule has 0 aliphatic rings. The molecule has 0 saturated heterocycles. The molecule has 2 nitrogen and oxygen atoms in total. The second-order valence-corrected chi connectivity index (χ2v) is 8.57. The van der Waals surface area contributed by atoms with Gasteiger partial charge in [-0.3, -0.25) is 4.79 Å². The van der Waals surface area contributed by atoms with Crippen LogP contribution in [0.5, 0.6) is 0 Å². The first-order valence-electron chi connectivity index (χ1n) is 8.83. The number of rotatable bonds is 9. The number of hydrogen-bond acceptors (Lipinski definition) is 2. The maximum Gasteiger partial charge on any atom is 0.220 e. The molecule has 0 aromatic heterocycles. The lowest BCUT2D eigenvalue weighted by Gasteiger charge is -2.19. The van der Waals surface area contributed by atoms with E-state index in [2.05, 4.69) is 64.2 Å². The molecular weight excluding hydrogens is 302 g/mol. The first-order valence-corrected chi connectivity index (χ1v) is 9.81. The topological polar surface area (TPSA) is 29.1 Å². The maximum absolute atomic E-state index is 11.7. The third-order valence-electron chi connectivity index (χ3n) is 4.11. The molecule has 0 bridgehead atoms. The minimum Gasteiger partial charge on any atom is -0.356 e. The fraction of sp³-hybridized carbons (Fsp3) is 0.650. The van der Waals surface area contributed by atoms with E-state index >= 15 is 0 Å². The molecule has 1 unspecified atom stereocenters. The molecule has 0 spiro atoms. The molecule has 130 valence electrons. The van der Waals surface area contributed by atoms with Crippen molar-refractivity contribution < 1.29 is 4.79 Å². The second kappa shape index (κ2) is 10.0. The number of carbonyl (C=O) groups is 1. The SMILES string of the molecule is CCC(C)CC(=O)NCCCCSc1ccc(C(C)(C)C)cc1. The largest absolute Gasteiger partial charge is 0.356 e. The molecule has 0 aliphatic heterocycles. The molecule has 1 rings (SSSR count). The van der Waals surface area contributed by atoms with E-state index in [1.807, 2.05) is 11.8 Å². The molecule has 0 radical (unpaired) electrons. The third-order valence-corrected chi connectivity index (χ3v) is 5.21. The van der Waals surface area contributed by atoms with E-state index in [1.54, 1.807) is 0 Å². The van der Waals surface area contributed by atoms with Crippen LogP contribution >= 0.6 is 11.8 Å². The Bertz CT molecular complexity index is 462. The standard InChI is InChI=1S/C20H33NOS/c1-6-16(2)15-19(22)21-13-7-8-14-23-18-11-9-17(10-12-18)20(3,4)5/h9-12,16H,6-8,13-15H2,1-5H3,(H,21,22). The van der Waals surface area contributed by atoms with Gasteiger partial charge in [0, 0.05) is 17.9 Å². The zero-order chi connectivity index (χ0) is 17.3. The van der Waals surface area contributed by atoms with Crippen molar-refractivity contribution in [3.05, 3.63) is 29.8 Å². The van der Waals surface area contributed by atoms with Gasteiger partial charge in [0.1, 0.15) is 0 Å². The number of amides is 1. The number of benzene rings is 1. The van der Waals surface area contributed by atoms with Gasteiger partial charge < -0.3 is 5.32 Å². The summed E-state index contributed by atoms with van der Waals surface area (Å²) in [5, 5.41) is 3.02. The van der Waals surface area contributed by atoms with E-state index in [4.69, 9.17) is 0 Å². The van der Waals surface area contributed by atoms with Gasteiger partial charge in [0.25, 0.3) is 0 Å². The first-order chi connectivity index (χ1) is 10.8. The summed E-state index contributed by atoms with van der Waals surface area (Å²) in [6.07, 6.45) is 3.91. The first kappa shape index (κ1) is 20.1. The highest BCUT2D eigenvalue weighted by Crippen LogP contribution is 2.26. The molecule has 1 aromatic rings. The normalized spacial score (nSPS) is 12.9. The van der Waals surface area contributed by atoms with Crippen LogP contribution in [0.25, 0.3) is 0 Å². The van der Waals surface area contributed by atoms with Crippen molar-refractivity contribution >= 4 is 17.7 Å². The van der Waals surface area contributed by atoms with Gasteiger partial charge in [0.05, 0.1) is 0 Å². The quantitative estimate of drug-likeness (QED) is 0.483. The van der Waals surface area contributed by atoms with E-state index < -0.39 is 0 Å². The van der Waals surface area contributed by atoms with Crippen molar-refractivity contribution in [3.63, 3.8) is 0 Å². The number of carbonyl (C=O) groups excluding carboxylic acids is 1. The van der Waals surface area contributed by atoms with Crippen LogP contribution in [0.15, 0.2) is 29.2 Å². The third kappa shape index (κ3) is 8.45. The minimum absolute atomic E-state index is 0.199. The van der Waals surface area contributed by atoms with Crippen LogP contribution in [0.2, 0.25) is 0 Å². The molecular formula is C20H33NOS. The van der Waals surface area contributed by atoms with Crippen molar-refractivity contribution in [2.45, 2.75) is 70.6 Å². The van der Waals surface area contributed by atoms with Crippen LogP contribution < -0.4 is 5.32 Å². The summed E-state index contributed by atoms with van der Waals surface area (Å²) in [4.78, 5) is 13.0. The average Bonchev–Trinajstić information content (AvgIpc) is 2.50. The zero-order valence-corrected chi connectivity index (χ0v) is 16.3. The Morgan fingerprint density at radius 1 is 1.17 bits per heavy atom. The Morgan fingerprint density at radius 2 is 1.83 bits per heavy atom. The van der Waals surface area contributed by atoms with Gasteiger partial charge in [-0.1, -0.05) is 53.2 Å². The Hall–Kier alpha value is -0.960. The van der Waals surface area contributed by atoms with E-state index in [0.29, 0.717) is 12.3 Å². The summed E-state index contributed by atoms with van der Waals surface area (Å²) in [7, 11) is 0. The number of thioether (sulfide) groups is 1. The Labute approximate surface area is 146 Å². The van der Waals surface area contributed by atoms with E-state index in [1.165, 1.54) is 10.5 Å². The van der Waals surface area contributed by atoms with Crippen LogP contribution in [0.4, 0.5) is 0 Å². The van der Waals surface area contributed by atoms with E-state index in [0.717, 1.165) is 31.6 Å². The number of nitrogens with one attached hydrogen (secondary N) is 1. The summed E-state index contributed by atoms with van der Waals surface area (Å²) in [6, 6.07) is 8.91. The van der Waals surface area contributed by atoms with Crippen LogP contribution in [0.1, 0.15) is 65.9 Å².